The molecule has 172 valence electrons. The van der Waals surface area contributed by atoms with Gasteiger partial charge in [-0.3, -0.25) is 19.8 Å². The minimum atomic E-state index is -4.37. The summed E-state index contributed by atoms with van der Waals surface area (Å²) in [7, 11) is 0. The zero-order chi connectivity index (χ0) is 23.3. The van der Waals surface area contributed by atoms with Gasteiger partial charge in [-0.2, -0.15) is 13.2 Å². The van der Waals surface area contributed by atoms with Crippen LogP contribution in [0.15, 0.2) is 42.5 Å². The third-order valence-electron chi connectivity index (χ3n) is 5.25. The summed E-state index contributed by atoms with van der Waals surface area (Å²) in [4.78, 5) is 26.8. The maximum absolute atomic E-state index is 12.9. The molecule has 0 bridgehead atoms. The molecule has 1 aliphatic rings. The normalized spacial score (nSPS) is 14.9. The molecule has 2 aromatic rings. The van der Waals surface area contributed by atoms with Crippen LogP contribution in [0.3, 0.4) is 0 Å². The van der Waals surface area contributed by atoms with Crippen LogP contribution in [0.1, 0.15) is 22.3 Å². The SMILES string of the molecule is O=C(NCCCN1CCN(c2cccc(C(F)(F)F)c2)CC1)c1ccc(Cl)cc1[N+](=O)[O-]. The first kappa shape index (κ1) is 23.8. The van der Waals surface area contributed by atoms with Gasteiger partial charge in [0, 0.05) is 49.5 Å². The lowest BCUT2D eigenvalue weighted by Gasteiger charge is -2.36. The van der Waals surface area contributed by atoms with Crippen molar-refractivity contribution in [2.75, 3.05) is 44.2 Å². The lowest BCUT2D eigenvalue weighted by Crippen LogP contribution is -2.47. The molecule has 0 unspecified atom stereocenters. The molecule has 1 amide bonds. The van der Waals surface area contributed by atoms with Gasteiger partial charge in [-0.05, 0) is 43.3 Å². The summed E-state index contributed by atoms with van der Waals surface area (Å²) < 4.78 is 38.8. The fourth-order valence-electron chi connectivity index (χ4n) is 3.56. The molecule has 1 aliphatic heterocycles. The Kier molecular flexibility index (Phi) is 7.57. The van der Waals surface area contributed by atoms with Crippen molar-refractivity contribution >= 4 is 28.9 Å². The van der Waals surface area contributed by atoms with E-state index in [2.05, 4.69) is 10.2 Å². The smallest absolute Gasteiger partial charge is 0.369 e. The number of benzene rings is 2. The highest BCUT2D eigenvalue weighted by atomic mass is 35.5. The summed E-state index contributed by atoms with van der Waals surface area (Å²) in [5, 5.41) is 14.0. The van der Waals surface area contributed by atoms with Gasteiger partial charge in [-0.25, -0.2) is 0 Å². The summed E-state index contributed by atoms with van der Waals surface area (Å²) in [5.74, 6) is -0.539. The monoisotopic (exact) mass is 470 g/mol. The Balaban J connectivity index is 1.44. The maximum Gasteiger partial charge on any atom is 0.416 e. The van der Waals surface area contributed by atoms with Crippen LogP contribution in [-0.2, 0) is 6.18 Å². The molecule has 1 saturated heterocycles. The van der Waals surface area contributed by atoms with Crippen LogP contribution in [0.5, 0.6) is 0 Å². The van der Waals surface area contributed by atoms with Gasteiger partial charge in [0.1, 0.15) is 5.56 Å². The Bertz CT molecular complexity index is 979. The first-order chi connectivity index (χ1) is 15.1. The Hall–Kier alpha value is -2.85. The van der Waals surface area contributed by atoms with E-state index in [1.807, 2.05) is 4.90 Å². The van der Waals surface area contributed by atoms with Crippen LogP contribution in [0.25, 0.3) is 0 Å². The quantitative estimate of drug-likeness (QED) is 0.372. The Morgan fingerprint density at radius 2 is 1.84 bits per heavy atom. The van der Waals surface area contributed by atoms with Gasteiger partial charge in [0.05, 0.1) is 10.5 Å². The van der Waals surface area contributed by atoms with Crippen molar-refractivity contribution in [3.8, 4) is 0 Å². The number of alkyl halides is 3. The average molecular weight is 471 g/mol. The third kappa shape index (κ3) is 6.10. The van der Waals surface area contributed by atoms with Gasteiger partial charge in [-0.15, -0.1) is 0 Å². The number of carbonyl (C=O) groups excluding carboxylic acids is 1. The Morgan fingerprint density at radius 3 is 2.50 bits per heavy atom. The van der Waals surface area contributed by atoms with Crippen molar-refractivity contribution in [2.45, 2.75) is 12.6 Å². The first-order valence-corrected chi connectivity index (χ1v) is 10.4. The summed E-state index contributed by atoms with van der Waals surface area (Å²) in [6.45, 7) is 3.61. The van der Waals surface area contributed by atoms with E-state index >= 15 is 0 Å². The molecular formula is C21H22ClF3N4O3. The molecule has 7 nitrogen and oxygen atoms in total. The number of anilines is 1. The lowest BCUT2D eigenvalue weighted by atomic mass is 10.1. The number of rotatable bonds is 7. The van der Waals surface area contributed by atoms with E-state index in [0.29, 0.717) is 51.4 Å². The molecule has 32 heavy (non-hydrogen) atoms. The molecule has 0 aliphatic carbocycles. The number of hydrogen-bond donors (Lipinski definition) is 1. The molecule has 11 heteroatoms. The largest absolute Gasteiger partial charge is 0.416 e. The fourth-order valence-corrected chi connectivity index (χ4v) is 3.72. The number of amides is 1. The van der Waals surface area contributed by atoms with E-state index in [4.69, 9.17) is 11.6 Å². The molecular weight excluding hydrogens is 449 g/mol. The van der Waals surface area contributed by atoms with E-state index in [9.17, 15) is 28.1 Å². The number of nitrogens with zero attached hydrogens (tertiary/aromatic N) is 3. The van der Waals surface area contributed by atoms with Crippen LogP contribution in [0, 0.1) is 10.1 Å². The topological polar surface area (TPSA) is 78.7 Å². The molecule has 1 fully saturated rings. The molecule has 0 atom stereocenters. The van der Waals surface area contributed by atoms with E-state index in [1.54, 1.807) is 6.07 Å². The number of nitrogens with one attached hydrogen (secondary N) is 1. The molecule has 0 aromatic heterocycles. The van der Waals surface area contributed by atoms with Crippen LogP contribution in [-0.4, -0.2) is 55.0 Å². The first-order valence-electron chi connectivity index (χ1n) is 10.0. The van der Waals surface area contributed by atoms with Gasteiger partial charge in [0.25, 0.3) is 11.6 Å². The van der Waals surface area contributed by atoms with E-state index in [-0.39, 0.29) is 16.3 Å². The number of nitro groups is 1. The minimum absolute atomic E-state index is 0.0471. The number of piperazine rings is 1. The minimum Gasteiger partial charge on any atom is -0.369 e. The third-order valence-corrected chi connectivity index (χ3v) is 5.48. The standard InChI is InChI=1S/C21H22ClF3N4O3/c22-16-5-6-18(19(14-16)29(31)32)20(30)26-7-2-8-27-9-11-28(12-10-27)17-4-1-3-15(13-17)21(23,24)25/h1,3-6,13-14H,2,7-12H2,(H,26,30). The number of halogens is 4. The molecule has 0 radical (unpaired) electrons. The van der Waals surface area contributed by atoms with Gasteiger partial charge in [0.15, 0.2) is 0 Å². The zero-order valence-corrected chi connectivity index (χ0v) is 17.8. The second-order valence-corrected chi connectivity index (χ2v) is 7.84. The lowest BCUT2D eigenvalue weighted by molar-refractivity contribution is -0.385. The summed E-state index contributed by atoms with van der Waals surface area (Å²) in [5.41, 5.74) is -0.500. The highest BCUT2D eigenvalue weighted by molar-refractivity contribution is 6.31. The van der Waals surface area contributed by atoms with Crippen LogP contribution >= 0.6 is 11.6 Å². The second kappa shape index (κ2) is 10.2. The number of hydrogen-bond acceptors (Lipinski definition) is 5. The molecule has 0 spiro atoms. The van der Waals surface area contributed by atoms with Crippen molar-refractivity contribution in [3.05, 3.63) is 68.7 Å². The number of carbonyl (C=O) groups is 1. The Morgan fingerprint density at radius 1 is 1.12 bits per heavy atom. The van der Waals surface area contributed by atoms with Gasteiger partial charge in [-0.1, -0.05) is 17.7 Å². The number of nitro benzene ring substituents is 1. The van der Waals surface area contributed by atoms with Crippen LogP contribution < -0.4 is 10.2 Å². The highest BCUT2D eigenvalue weighted by Crippen LogP contribution is 2.32. The predicted octanol–water partition coefficient (Wildman–Crippen LogP) is 4.21. The molecule has 2 aromatic carbocycles. The molecule has 1 N–H and O–H groups in total. The average Bonchev–Trinajstić information content (AvgIpc) is 2.76. The maximum atomic E-state index is 12.9. The van der Waals surface area contributed by atoms with Gasteiger partial charge >= 0.3 is 6.18 Å². The van der Waals surface area contributed by atoms with Crippen molar-refractivity contribution in [1.29, 1.82) is 0 Å². The summed E-state index contributed by atoms with van der Waals surface area (Å²) in [6.07, 6.45) is -3.73. The summed E-state index contributed by atoms with van der Waals surface area (Å²) in [6, 6.07) is 9.21. The van der Waals surface area contributed by atoms with Crippen molar-refractivity contribution < 1.29 is 22.9 Å². The fraction of sp³-hybridized carbons (Fsp3) is 0.381. The second-order valence-electron chi connectivity index (χ2n) is 7.40. The van der Waals surface area contributed by atoms with Crippen molar-refractivity contribution in [1.82, 2.24) is 10.2 Å². The molecule has 3 rings (SSSR count). The van der Waals surface area contributed by atoms with Crippen LogP contribution in [0.2, 0.25) is 5.02 Å². The van der Waals surface area contributed by atoms with Gasteiger partial charge in [0.2, 0.25) is 0 Å². The van der Waals surface area contributed by atoms with Crippen LogP contribution in [0.4, 0.5) is 24.5 Å². The molecule has 1 heterocycles. The summed E-state index contributed by atoms with van der Waals surface area (Å²) >= 11 is 5.76. The van der Waals surface area contributed by atoms with E-state index in [0.717, 1.165) is 12.1 Å². The van der Waals surface area contributed by atoms with E-state index in [1.165, 1.54) is 24.3 Å². The van der Waals surface area contributed by atoms with Crippen molar-refractivity contribution in [3.63, 3.8) is 0 Å². The Labute approximate surface area is 187 Å². The zero-order valence-electron chi connectivity index (χ0n) is 17.1. The van der Waals surface area contributed by atoms with Gasteiger partial charge < -0.3 is 10.2 Å². The highest BCUT2D eigenvalue weighted by Gasteiger charge is 2.31. The molecule has 0 saturated carbocycles. The van der Waals surface area contributed by atoms with Crippen molar-refractivity contribution in [2.24, 2.45) is 0 Å². The van der Waals surface area contributed by atoms with E-state index < -0.39 is 22.6 Å². The predicted molar refractivity (Wildman–Crippen MR) is 115 cm³/mol.